The molecule has 0 saturated heterocycles. The first-order valence-electron chi connectivity index (χ1n) is 4.69. The Labute approximate surface area is 93.1 Å². The van der Waals surface area contributed by atoms with Crippen molar-refractivity contribution in [1.82, 2.24) is 10.6 Å². The van der Waals surface area contributed by atoms with Gasteiger partial charge in [0.25, 0.3) is 0 Å². The molecule has 2 amide bonds. The molecular weight excluding hydrogens is 208 g/mol. The van der Waals surface area contributed by atoms with Crippen LogP contribution < -0.4 is 16.4 Å². The molecule has 1 aromatic rings. The summed E-state index contributed by atoms with van der Waals surface area (Å²) in [6, 6.07) is 6.79. The van der Waals surface area contributed by atoms with Crippen LogP contribution in [0.5, 0.6) is 0 Å². The molecule has 16 heavy (non-hydrogen) atoms. The molecule has 1 aromatic carbocycles. The van der Waals surface area contributed by atoms with Crippen molar-refractivity contribution in [3.05, 3.63) is 35.4 Å². The molecule has 6 heteroatoms. The van der Waals surface area contributed by atoms with Crippen LogP contribution in [0.25, 0.3) is 0 Å². The van der Waals surface area contributed by atoms with Crippen LogP contribution in [0.3, 0.4) is 0 Å². The molecule has 0 aliphatic carbocycles. The highest BCUT2D eigenvalue weighted by Crippen LogP contribution is 2.03. The van der Waals surface area contributed by atoms with E-state index in [1.165, 1.54) is 0 Å². The van der Waals surface area contributed by atoms with Crippen molar-refractivity contribution in [3.63, 3.8) is 0 Å². The predicted molar refractivity (Wildman–Crippen MR) is 60.2 cm³/mol. The molecule has 5 N–H and O–H groups in total. The Morgan fingerprint density at radius 3 is 2.56 bits per heavy atom. The Kier molecular flexibility index (Phi) is 4.14. The lowest BCUT2D eigenvalue weighted by Crippen LogP contribution is -2.32. The smallest absolute Gasteiger partial charge is 0.314 e. The second-order valence-electron chi connectivity index (χ2n) is 3.11. The SMILES string of the molecule is CNC(=O)NCc1ccc(/C(N)=N/O)cc1. The minimum atomic E-state index is -0.236. The Morgan fingerprint density at radius 1 is 1.44 bits per heavy atom. The highest BCUT2D eigenvalue weighted by Gasteiger charge is 2.00. The molecular formula is C10H14N4O2. The van der Waals surface area contributed by atoms with Crippen LogP contribution in [0, 0.1) is 0 Å². The van der Waals surface area contributed by atoms with Gasteiger partial charge in [0.15, 0.2) is 5.84 Å². The lowest BCUT2D eigenvalue weighted by atomic mass is 10.1. The average Bonchev–Trinajstić information content (AvgIpc) is 2.35. The molecule has 0 aliphatic rings. The van der Waals surface area contributed by atoms with Crippen molar-refractivity contribution in [1.29, 1.82) is 0 Å². The van der Waals surface area contributed by atoms with Crippen LogP contribution in [0.4, 0.5) is 4.79 Å². The summed E-state index contributed by atoms with van der Waals surface area (Å²) in [7, 11) is 1.55. The van der Waals surface area contributed by atoms with Crippen molar-refractivity contribution < 1.29 is 10.0 Å². The fourth-order valence-corrected chi connectivity index (χ4v) is 1.12. The molecule has 0 saturated carbocycles. The van der Waals surface area contributed by atoms with Gasteiger partial charge in [0.05, 0.1) is 0 Å². The van der Waals surface area contributed by atoms with E-state index in [0.29, 0.717) is 12.1 Å². The van der Waals surface area contributed by atoms with E-state index in [9.17, 15) is 4.79 Å². The topological polar surface area (TPSA) is 99.7 Å². The predicted octanol–water partition coefficient (Wildman–Crippen LogP) is 0.210. The maximum absolute atomic E-state index is 10.9. The van der Waals surface area contributed by atoms with Crippen molar-refractivity contribution >= 4 is 11.9 Å². The molecule has 0 heterocycles. The number of hydrogen-bond acceptors (Lipinski definition) is 3. The van der Waals surface area contributed by atoms with Crippen LogP contribution in [0.2, 0.25) is 0 Å². The number of carbonyl (C=O) groups excluding carboxylic acids is 1. The molecule has 0 spiro atoms. The highest BCUT2D eigenvalue weighted by atomic mass is 16.4. The van der Waals surface area contributed by atoms with E-state index in [1.807, 2.05) is 0 Å². The highest BCUT2D eigenvalue weighted by molar-refractivity contribution is 5.96. The van der Waals surface area contributed by atoms with Gasteiger partial charge in [-0.15, -0.1) is 0 Å². The molecule has 0 aliphatic heterocycles. The third-order valence-corrected chi connectivity index (χ3v) is 2.04. The summed E-state index contributed by atoms with van der Waals surface area (Å²) in [5, 5.41) is 16.5. The van der Waals surface area contributed by atoms with Gasteiger partial charge in [0, 0.05) is 19.2 Å². The largest absolute Gasteiger partial charge is 0.409 e. The summed E-state index contributed by atoms with van der Waals surface area (Å²) in [6.45, 7) is 0.427. The molecule has 0 unspecified atom stereocenters. The second-order valence-corrected chi connectivity index (χ2v) is 3.11. The van der Waals surface area contributed by atoms with E-state index in [0.717, 1.165) is 5.56 Å². The van der Waals surface area contributed by atoms with E-state index in [1.54, 1.807) is 31.3 Å². The zero-order valence-electron chi connectivity index (χ0n) is 8.90. The van der Waals surface area contributed by atoms with E-state index in [4.69, 9.17) is 10.9 Å². The fourth-order valence-electron chi connectivity index (χ4n) is 1.12. The van der Waals surface area contributed by atoms with Crippen molar-refractivity contribution in [2.24, 2.45) is 10.9 Å². The number of amides is 2. The first-order valence-corrected chi connectivity index (χ1v) is 4.69. The third-order valence-electron chi connectivity index (χ3n) is 2.04. The molecule has 6 nitrogen and oxygen atoms in total. The number of nitrogens with two attached hydrogens (primary N) is 1. The summed E-state index contributed by atoms with van der Waals surface area (Å²) in [4.78, 5) is 10.9. The molecule has 0 radical (unpaired) electrons. The minimum absolute atomic E-state index is 0.0609. The third kappa shape index (κ3) is 3.16. The van der Waals surface area contributed by atoms with Gasteiger partial charge in [-0.2, -0.15) is 0 Å². The number of rotatable bonds is 3. The van der Waals surface area contributed by atoms with Crippen LogP contribution in [-0.4, -0.2) is 24.1 Å². The number of nitrogens with zero attached hydrogens (tertiary/aromatic N) is 1. The number of benzene rings is 1. The van der Waals surface area contributed by atoms with Crippen LogP contribution in [0.1, 0.15) is 11.1 Å². The van der Waals surface area contributed by atoms with E-state index in [-0.39, 0.29) is 11.9 Å². The quantitative estimate of drug-likeness (QED) is 0.254. The first kappa shape index (κ1) is 11.8. The van der Waals surface area contributed by atoms with E-state index >= 15 is 0 Å². The number of nitrogens with one attached hydrogen (secondary N) is 2. The first-order chi connectivity index (χ1) is 7.67. The lowest BCUT2D eigenvalue weighted by molar-refractivity contribution is 0.242. The Hall–Kier alpha value is -2.24. The summed E-state index contributed by atoms with van der Waals surface area (Å²) in [6.07, 6.45) is 0. The van der Waals surface area contributed by atoms with Gasteiger partial charge in [-0.25, -0.2) is 4.79 Å². The van der Waals surface area contributed by atoms with Gasteiger partial charge in [0.1, 0.15) is 0 Å². The standard InChI is InChI=1S/C10H14N4O2/c1-12-10(15)13-6-7-2-4-8(5-3-7)9(11)14-16/h2-5,16H,6H2,1H3,(H2,11,14)(H2,12,13,15). The number of oxime groups is 1. The maximum atomic E-state index is 10.9. The monoisotopic (exact) mass is 222 g/mol. The van der Waals surface area contributed by atoms with Crippen LogP contribution in [-0.2, 0) is 6.54 Å². The Morgan fingerprint density at radius 2 is 2.06 bits per heavy atom. The Balaban J connectivity index is 2.61. The van der Waals surface area contributed by atoms with Crippen LogP contribution >= 0.6 is 0 Å². The summed E-state index contributed by atoms with van der Waals surface area (Å²) in [5.41, 5.74) is 6.97. The summed E-state index contributed by atoms with van der Waals surface area (Å²) < 4.78 is 0. The Bertz CT molecular complexity index is 386. The second kappa shape index (κ2) is 5.59. The van der Waals surface area contributed by atoms with Gasteiger partial charge in [-0.1, -0.05) is 29.4 Å². The van der Waals surface area contributed by atoms with E-state index < -0.39 is 0 Å². The van der Waals surface area contributed by atoms with Gasteiger partial charge < -0.3 is 21.6 Å². The molecule has 0 atom stereocenters. The van der Waals surface area contributed by atoms with Crippen LogP contribution in [0.15, 0.2) is 29.4 Å². The fraction of sp³-hybridized carbons (Fsp3) is 0.200. The van der Waals surface area contributed by atoms with Crippen molar-refractivity contribution in [2.45, 2.75) is 6.54 Å². The van der Waals surface area contributed by atoms with Gasteiger partial charge >= 0.3 is 6.03 Å². The maximum Gasteiger partial charge on any atom is 0.314 e. The van der Waals surface area contributed by atoms with Gasteiger partial charge in [0.2, 0.25) is 0 Å². The molecule has 0 aromatic heterocycles. The molecule has 1 rings (SSSR count). The van der Waals surface area contributed by atoms with Gasteiger partial charge in [-0.05, 0) is 5.56 Å². The lowest BCUT2D eigenvalue weighted by Gasteiger charge is -2.05. The number of carbonyl (C=O) groups is 1. The molecule has 0 fully saturated rings. The average molecular weight is 222 g/mol. The van der Waals surface area contributed by atoms with E-state index in [2.05, 4.69) is 15.8 Å². The number of hydrogen-bond donors (Lipinski definition) is 4. The number of urea groups is 1. The normalized spacial score (nSPS) is 10.9. The van der Waals surface area contributed by atoms with Gasteiger partial charge in [-0.3, -0.25) is 0 Å². The minimum Gasteiger partial charge on any atom is -0.409 e. The summed E-state index contributed by atoms with van der Waals surface area (Å²) >= 11 is 0. The van der Waals surface area contributed by atoms with Crippen molar-refractivity contribution in [2.75, 3.05) is 7.05 Å². The van der Waals surface area contributed by atoms with Crippen molar-refractivity contribution in [3.8, 4) is 0 Å². The molecule has 86 valence electrons. The zero-order valence-corrected chi connectivity index (χ0v) is 8.90. The zero-order chi connectivity index (χ0) is 12.0. The number of amidine groups is 1. The summed E-state index contributed by atoms with van der Waals surface area (Å²) in [5.74, 6) is 0.0609. The molecule has 0 bridgehead atoms.